The standard InChI is InChI=1S/C18H20N6O3S2/c1-18(2,24-10-19-9-20-24)13(25)8-15-21-16(26)12(29-15)7-11-5-6-14(28-11)22-17(27)23(3)4/h5-10H,1-4H3,(H,21,26)(H,22,27)/b12-7-,15-8+. The number of rotatable bonds is 5. The summed E-state index contributed by atoms with van der Waals surface area (Å²) in [6.07, 6.45) is 5.98. The second-order valence-electron chi connectivity index (χ2n) is 6.86. The molecular formula is C18H20N6O3S2. The van der Waals surface area contributed by atoms with Crippen molar-refractivity contribution in [3.05, 3.63) is 49.2 Å². The Kier molecular flexibility index (Phi) is 5.80. The highest BCUT2D eigenvalue weighted by atomic mass is 32.1. The molecule has 9 nitrogen and oxygen atoms in total. The molecule has 0 saturated heterocycles. The minimum atomic E-state index is -0.922. The van der Waals surface area contributed by atoms with Gasteiger partial charge in [-0.3, -0.25) is 14.9 Å². The van der Waals surface area contributed by atoms with Crippen molar-refractivity contribution in [3.63, 3.8) is 0 Å². The van der Waals surface area contributed by atoms with E-state index in [9.17, 15) is 14.4 Å². The first kappa shape index (κ1) is 20.7. The monoisotopic (exact) mass is 432 g/mol. The lowest BCUT2D eigenvalue weighted by atomic mass is 10.00. The molecule has 0 aliphatic carbocycles. The number of H-pyrrole nitrogens is 1. The zero-order chi connectivity index (χ0) is 21.2. The zero-order valence-corrected chi connectivity index (χ0v) is 17.9. The van der Waals surface area contributed by atoms with E-state index < -0.39 is 5.54 Å². The maximum atomic E-state index is 12.7. The summed E-state index contributed by atoms with van der Waals surface area (Å²) >= 11 is 2.54. The lowest BCUT2D eigenvalue weighted by molar-refractivity contribution is -0.120. The summed E-state index contributed by atoms with van der Waals surface area (Å²) in [5, 5.41) is 7.46. The highest BCUT2D eigenvalue weighted by Crippen LogP contribution is 2.22. The van der Waals surface area contributed by atoms with Crippen LogP contribution in [0.15, 0.2) is 29.6 Å². The Balaban J connectivity index is 1.86. The molecule has 0 unspecified atom stereocenters. The Labute approximate surface area is 174 Å². The molecule has 3 heterocycles. The average Bonchev–Trinajstić information content (AvgIpc) is 3.38. The molecule has 0 spiro atoms. The molecule has 152 valence electrons. The summed E-state index contributed by atoms with van der Waals surface area (Å²) in [5.41, 5.74) is -1.20. The van der Waals surface area contributed by atoms with E-state index in [0.717, 1.165) is 4.88 Å². The fourth-order valence-electron chi connectivity index (χ4n) is 2.27. The van der Waals surface area contributed by atoms with Gasteiger partial charge in [0, 0.05) is 25.0 Å². The lowest BCUT2D eigenvalue weighted by Crippen LogP contribution is -2.36. The van der Waals surface area contributed by atoms with E-state index in [0.29, 0.717) is 14.2 Å². The van der Waals surface area contributed by atoms with Crippen molar-refractivity contribution in [3.8, 4) is 0 Å². The molecule has 3 aromatic rings. The summed E-state index contributed by atoms with van der Waals surface area (Å²) in [6.45, 7) is 3.46. The number of thiophene rings is 1. The molecule has 3 rings (SSSR count). The number of amides is 2. The molecule has 0 atom stereocenters. The van der Waals surface area contributed by atoms with E-state index in [4.69, 9.17) is 0 Å². The molecule has 3 aromatic heterocycles. The molecule has 29 heavy (non-hydrogen) atoms. The fraction of sp³-hybridized carbons (Fsp3) is 0.278. The number of nitrogens with zero attached hydrogens (tertiary/aromatic N) is 4. The molecule has 0 bridgehead atoms. The third kappa shape index (κ3) is 4.69. The van der Waals surface area contributed by atoms with Crippen molar-refractivity contribution in [2.24, 2.45) is 0 Å². The zero-order valence-electron chi connectivity index (χ0n) is 16.3. The third-order valence-electron chi connectivity index (χ3n) is 4.07. The van der Waals surface area contributed by atoms with Gasteiger partial charge in [-0.2, -0.15) is 5.10 Å². The van der Waals surface area contributed by atoms with Gasteiger partial charge < -0.3 is 9.88 Å². The maximum Gasteiger partial charge on any atom is 0.321 e. The maximum absolute atomic E-state index is 12.7. The SMILES string of the molecule is CN(C)C(=O)Nc1ccc(/C=c2\s/c(=C/C(=O)C(C)(C)n3cncn3)[nH]c2=O)s1. The number of urea groups is 1. The molecule has 0 radical (unpaired) electrons. The van der Waals surface area contributed by atoms with E-state index in [2.05, 4.69) is 20.4 Å². The van der Waals surface area contributed by atoms with Crippen LogP contribution in [0.1, 0.15) is 18.7 Å². The molecular weight excluding hydrogens is 412 g/mol. The number of ketones is 1. The first-order valence-electron chi connectivity index (χ1n) is 8.57. The smallest absolute Gasteiger partial charge is 0.321 e. The summed E-state index contributed by atoms with van der Waals surface area (Å²) in [7, 11) is 3.31. The van der Waals surface area contributed by atoms with Crippen LogP contribution in [-0.4, -0.2) is 50.6 Å². The average molecular weight is 433 g/mol. The second-order valence-corrected chi connectivity index (χ2v) is 9.06. The van der Waals surface area contributed by atoms with Crippen molar-refractivity contribution >= 4 is 51.6 Å². The van der Waals surface area contributed by atoms with Gasteiger partial charge in [-0.05, 0) is 32.1 Å². The Morgan fingerprint density at radius 3 is 2.69 bits per heavy atom. The normalized spacial score (nSPS) is 13.0. The molecule has 0 aliphatic heterocycles. The molecule has 2 amide bonds. The predicted molar refractivity (Wildman–Crippen MR) is 114 cm³/mol. The largest absolute Gasteiger partial charge is 0.331 e. The van der Waals surface area contributed by atoms with Gasteiger partial charge in [-0.25, -0.2) is 14.5 Å². The van der Waals surface area contributed by atoms with Crippen LogP contribution in [-0.2, 0) is 10.3 Å². The third-order valence-corrected chi connectivity index (χ3v) is 5.98. The first-order valence-corrected chi connectivity index (χ1v) is 10.2. The summed E-state index contributed by atoms with van der Waals surface area (Å²) < 4.78 is 2.40. The minimum Gasteiger partial charge on any atom is -0.331 e. The van der Waals surface area contributed by atoms with Gasteiger partial charge in [-0.15, -0.1) is 22.7 Å². The number of Topliss-reactive ketones (excluding diaryl/α,β-unsaturated/α-hetero) is 1. The van der Waals surface area contributed by atoms with Gasteiger partial charge in [0.15, 0.2) is 5.78 Å². The Bertz CT molecular complexity index is 1200. The minimum absolute atomic E-state index is 0.211. The molecule has 0 aromatic carbocycles. The van der Waals surface area contributed by atoms with Crippen LogP contribution in [0.3, 0.4) is 0 Å². The number of thiazole rings is 1. The van der Waals surface area contributed by atoms with Crippen LogP contribution < -0.4 is 20.1 Å². The number of hydrogen-bond donors (Lipinski definition) is 2. The number of anilines is 1. The van der Waals surface area contributed by atoms with Crippen molar-refractivity contribution in [1.82, 2.24) is 24.6 Å². The summed E-state index contributed by atoms with van der Waals surface area (Å²) in [4.78, 5) is 45.5. The van der Waals surface area contributed by atoms with Crippen molar-refractivity contribution < 1.29 is 9.59 Å². The Morgan fingerprint density at radius 1 is 1.28 bits per heavy atom. The highest BCUT2D eigenvalue weighted by molar-refractivity contribution is 7.17. The number of nitrogens with one attached hydrogen (secondary N) is 2. The van der Waals surface area contributed by atoms with Gasteiger partial charge in [0.1, 0.15) is 18.2 Å². The molecule has 11 heteroatoms. The van der Waals surface area contributed by atoms with E-state index in [1.807, 2.05) is 6.07 Å². The van der Waals surface area contributed by atoms with Crippen LogP contribution >= 0.6 is 22.7 Å². The first-order chi connectivity index (χ1) is 13.7. The van der Waals surface area contributed by atoms with Crippen molar-refractivity contribution in [1.29, 1.82) is 0 Å². The van der Waals surface area contributed by atoms with Gasteiger partial charge in [0.05, 0.1) is 14.2 Å². The van der Waals surface area contributed by atoms with E-state index in [1.54, 1.807) is 40.1 Å². The number of carbonyl (C=O) groups is 2. The number of hydrogen-bond acceptors (Lipinski definition) is 7. The topological polar surface area (TPSA) is 113 Å². The van der Waals surface area contributed by atoms with Crippen LogP contribution in [0.5, 0.6) is 0 Å². The van der Waals surface area contributed by atoms with E-state index in [1.165, 1.54) is 51.0 Å². The number of carbonyl (C=O) groups excluding carboxylic acids is 2. The van der Waals surface area contributed by atoms with Crippen LogP contribution in [0.4, 0.5) is 9.80 Å². The van der Waals surface area contributed by atoms with Crippen LogP contribution in [0, 0.1) is 0 Å². The summed E-state index contributed by atoms with van der Waals surface area (Å²) in [5.74, 6) is -0.211. The predicted octanol–water partition coefficient (Wildman–Crippen LogP) is 0.797. The number of aromatic amines is 1. The van der Waals surface area contributed by atoms with Crippen molar-refractivity contribution in [2.75, 3.05) is 19.4 Å². The highest BCUT2D eigenvalue weighted by Gasteiger charge is 2.28. The van der Waals surface area contributed by atoms with Gasteiger partial charge in [0.2, 0.25) is 0 Å². The molecule has 0 aliphatic rings. The van der Waals surface area contributed by atoms with E-state index >= 15 is 0 Å². The lowest BCUT2D eigenvalue weighted by Gasteiger charge is -2.20. The van der Waals surface area contributed by atoms with Crippen LogP contribution in [0.2, 0.25) is 0 Å². The quantitative estimate of drug-likeness (QED) is 0.619. The van der Waals surface area contributed by atoms with Crippen LogP contribution in [0.25, 0.3) is 12.2 Å². The Morgan fingerprint density at radius 2 is 2.03 bits per heavy atom. The van der Waals surface area contributed by atoms with E-state index in [-0.39, 0.29) is 17.4 Å². The van der Waals surface area contributed by atoms with Gasteiger partial charge >= 0.3 is 6.03 Å². The molecule has 0 fully saturated rings. The summed E-state index contributed by atoms with van der Waals surface area (Å²) in [6, 6.07) is 3.37. The van der Waals surface area contributed by atoms with Crippen molar-refractivity contribution in [2.45, 2.75) is 19.4 Å². The van der Waals surface area contributed by atoms with Gasteiger partial charge in [0.25, 0.3) is 5.56 Å². The van der Waals surface area contributed by atoms with Gasteiger partial charge in [-0.1, -0.05) is 0 Å². The number of aromatic nitrogens is 4. The fourth-order valence-corrected chi connectivity index (χ4v) is 4.07. The Hall–Kier alpha value is -3.05. The molecule has 0 saturated carbocycles. The molecule has 2 N–H and O–H groups in total. The second kappa shape index (κ2) is 8.13.